The van der Waals surface area contributed by atoms with Crippen LogP contribution in [0.15, 0.2) is 24.1 Å². The highest BCUT2D eigenvalue weighted by molar-refractivity contribution is 7.09. The molecule has 2 rings (SSSR count). The van der Waals surface area contributed by atoms with Gasteiger partial charge in [0.15, 0.2) is 5.78 Å². The number of hydrogen-bond donors (Lipinski definition) is 0. The lowest BCUT2D eigenvalue weighted by Crippen LogP contribution is -2.07. The van der Waals surface area contributed by atoms with E-state index < -0.39 is 0 Å². The van der Waals surface area contributed by atoms with Crippen molar-refractivity contribution in [3.8, 4) is 0 Å². The van der Waals surface area contributed by atoms with Crippen molar-refractivity contribution in [2.45, 2.75) is 13.3 Å². The average molecular weight is 219 g/mol. The van der Waals surface area contributed by atoms with Crippen LogP contribution in [-0.2, 0) is 6.42 Å². The average Bonchev–Trinajstić information content (AvgIpc) is 2.71. The van der Waals surface area contributed by atoms with Gasteiger partial charge in [0.1, 0.15) is 11.3 Å². The molecule has 0 bridgehead atoms. The summed E-state index contributed by atoms with van der Waals surface area (Å²) in [6.45, 7) is 1.80. The maximum Gasteiger partial charge on any atom is 0.173 e. The molecule has 0 aliphatic carbocycles. The molecule has 0 unspecified atom stereocenters. The van der Waals surface area contributed by atoms with Crippen molar-refractivity contribution in [2.75, 3.05) is 0 Å². The van der Waals surface area contributed by atoms with E-state index in [9.17, 15) is 4.79 Å². The molecule has 2 aromatic rings. The van der Waals surface area contributed by atoms with Gasteiger partial charge in [-0.05, 0) is 6.92 Å². The molecule has 0 saturated heterocycles. The number of aryl methyl sites for hydroxylation is 1. The Bertz CT molecular complexity index is 467. The fraction of sp³-hybridized carbons (Fsp3) is 0.200. The molecule has 0 atom stereocenters. The summed E-state index contributed by atoms with van der Waals surface area (Å²) in [6, 6.07) is 0. The molecule has 0 saturated carbocycles. The second-order valence-electron chi connectivity index (χ2n) is 3.05. The smallest absolute Gasteiger partial charge is 0.173 e. The molecule has 0 aliphatic heterocycles. The first kappa shape index (κ1) is 9.92. The van der Waals surface area contributed by atoms with Gasteiger partial charge < -0.3 is 0 Å². The van der Waals surface area contributed by atoms with Gasteiger partial charge in [-0.2, -0.15) is 0 Å². The Kier molecular flexibility index (Phi) is 2.82. The quantitative estimate of drug-likeness (QED) is 0.737. The molecule has 0 radical (unpaired) electrons. The van der Waals surface area contributed by atoms with E-state index in [1.165, 1.54) is 17.7 Å². The zero-order valence-corrected chi connectivity index (χ0v) is 8.99. The second-order valence-corrected chi connectivity index (χ2v) is 4.03. The van der Waals surface area contributed by atoms with Gasteiger partial charge in [-0.1, -0.05) is 0 Å². The van der Waals surface area contributed by atoms with Gasteiger partial charge in [0, 0.05) is 17.8 Å². The number of aromatic nitrogens is 3. The summed E-state index contributed by atoms with van der Waals surface area (Å²) in [7, 11) is 0. The number of carbonyl (C=O) groups is 1. The summed E-state index contributed by atoms with van der Waals surface area (Å²) in [5.74, 6) is 0.0167. The lowest BCUT2D eigenvalue weighted by molar-refractivity contribution is 0.0991. The number of ketones is 1. The lowest BCUT2D eigenvalue weighted by Gasteiger charge is -2.00. The normalized spacial score (nSPS) is 10.2. The predicted molar refractivity (Wildman–Crippen MR) is 56.9 cm³/mol. The van der Waals surface area contributed by atoms with Gasteiger partial charge in [-0.25, -0.2) is 15.0 Å². The third-order valence-corrected chi connectivity index (χ3v) is 2.79. The van der Waals surface area contributed by atoms with Crippen LogP contribution in [0.1, 0.15) is 21.1 Å². The van der Waals surface area contributed by atoms with Crippen LogP contribution < -0.4 is 0 Å². The minimum Gasteiger partial charge on any atom is -0.294 e. The molecule has 0 fully saturated rings. The van der Waals surface area contributed by atoms with Gasteiger partial charge in [-0.15, -0.1) is 11.3 Å². The van der Waals surface area contributed by atoms with Crippen molar-refractivity contribution in [2.24, 2.45) is 0 Å². The maximum atomic E-state index is 11.8. The summed E-state index contributed by atoms with van der Waals surface area (Å²) in [6.07, 6.45) is 5.02. The molecular formula is C10H9N3OS. The van der Waals surface area contributed by atoms with Crippen LogP contribution >= 0.6 is 11.3 Å². The second kappa shape index (κ2) is 4.27. The molecule has 5 heteroatoms. The molecule has 15 heavy (non-hydrogen) atoms. The van der Waals surface area contributed by atoms with E-state index in [1.807, 2.05) is 5.38 Å². The third-order valence-electron chi connectivity index (χ3n) is 2.01. The SMILES string of the molecule is Cc1ncncc1C(=O)Cc1nccs1. The van der Waals surface area contributed by atoms with Crippen LogP contribution in [-0.4, -0.2) is 20.7 Å². The molecule has 0 aliphatic rings. The van der Waals surface area contributed by atoms with E-state index in [-0.39, 0.29) is 5.78 Å². The minimum atomic E-state index is 0.0167. The van der Waals surface area contributed by atoms with Gasteiger partial charge in [-0.3, -0.25) is 4.79 Å². The zero-order chi connectivity index (χ0) is 10.7. The number of rotatable bonds is 3. The number of nitrogens with zero attached hydrogens (tertiary/aromatic N) is 3. The third kappa shape index (κ3) is 2.24. The Labute approximate surface area is 91.0 Å². The Balaban J connectivity index is 2.19. The van der Waals surface area contributed by atoms with Crippen LogP contribution in [0.25, 0.3) is 0 Å². The molecule has 0 aromatic carbocycles. The molecular weight excluding hydrogens is 210 g/mol. The highest BCUT2D eigenvalue weighted by Crippen LogP contribution is 2.10. The summed E-state index contributed by atoms with van der Waals surface area (Å²) >= 11 is 1.48. The van der Waals surface area contributed by atoms with Crippen LogP contribution in [0, 0.1) is 6.92 Å². The van der Waals surface area contributed by atoms with E-state index in [2.05, 4.69) is 15.0 Å². The van der Waals surface area contributed by atoms with E-state index in [4.69, 9.17) is 0 Å². The van der Waals surface area contributed by atoms with Gasteiger partial charge in [0.25, 0.3) is 0 Å². The highest BCUT2D eigenvalue weighted by Gasteiger charge is 2.11. The molecule has 2 aromatic heterocycles. The van der Waals surface area contributed by atoms with Crippen molar-refractivity contribution in [1.29, 1.82) is 0 Å². The van der Waals surface area contributed by atoms with Gasteiger partial charge in [0.05, 0.1) is 17.7 Å². The summed E-state index contributed by atoms with van der Waals surface area (Å²) < 4.78 is 0. The monoisotopic (exact) mass is 219 g/mol. The van der Waals surface area contributed by atoms with Crippen LogP contribution in [0.5, 0.6) is 0 Å². The van der Waals surface area contributed by atoms with Gasteiger partial charge in [0.2, 0.25) is 0 Å². The largest absolute Gasteiger partial charge is 0.294 e. The predicted octanol–water partition coefficient (Wildman–Crippen LogP) is 1.67. The summed E-state index contributed by atoms with van der Waals surface area (Å²) in [5.41, 5.74) is 1.29. The highest BCUT2D eigenvalue weighted by atomic mass is 32.1. The minimum absolute atomic E-state index is 0.0167. The molecule has 0 spiro atoms. The number of Topliss-reactive ketones (excluding diaryl/α,β-unsaturated/α-hetero) is 1. The Morgan fingerprint density at radius 1 is 1.47 bits per heavy atom. The van der Waals surface area contributed by atoms with Crippen molar-refractivity contribution in [1.82, 2.24) is 15.0 Å². The van der Waals surface area contributed by atoms with Crippen molar-refractivity contribution in [3.63, 3.8) is 0 Å². The molecule has 0 amide bonds. The van der Waals surface area contributed by atoms with E-state index in [1.54, 1.807) is 19.3 Å². The van der Waals surface area contributed by atoms with Crippen LogP contribution in [0.2, 0.25) is 0 Å². The number of carbonyl (C=O) groups excluding carboxylic acids is 1. The zero-order valence-electron chi connectivity index (χ0n) is 8.17. The molecule has 0 N–H and O–H groups in total. The lowest BCUT2D eigenvalue weighted by atomic mass is 10.1. The fourth-order valence-corrected chi connectivity index (χ4v) is 1.85. The standard InChI is InChI=1S/C10H9N3OS/c1-7-8(5-11-6-13-7)9(14)4-10-12-2-3-15-10/h2-3,5-6H,4H2,1H3. The first-order valence-electron chi connectivity index (χ1n) is 4.45. The Morgan fingerprint density at radius 2 is 2.33 bits per heavy atom. The van der Waals surface area contributed by atoms with Gasteiger partial charge >= 0.3 is 0 Å². The van der Waals surface area contributed by atoms with Crippen LogP contribution in [0.4, 0.5) is 0 Å². The molecule has 2 heterocycles. The maximum absolute atomic E-state index is 11.8. The molecule has 4 nitrogen and oxygen atoms in total. The van der Waals surface area contributed by atoms with E-state index >= 15 is 0 Å². The van der Waals surface area contributed by atoms with Crippen molar-refractivity contribution in [3.05, 3.63) is 40.4 Å². The van der Waals surface area contributed by atoms with E-state index in [0.29, 0.717) is 17.7 Å². The summed E-state index contributed by atoms with van der Waals surface area (Å²) in [5, 5.41) is 2.68. The van der Waals surface area contributed by atoms with E-state index in [0.717, 1.165) is 5.01 Å². The fourth-order valence-electron chi connectivity index (χ4n) is 1.24. The topological polar surface area (TPSA) is 55.7 Å². The van der Waals surface area contributed by atoms with Crippen LogP contribution in [0.3, 0.4) is 0 Å². The molecule has 76 valence electrons. The first-order valence-corrected chi connectivity index (χ1v) is 5.33. The Morgan fingerprint density at radius 3 is 3.00 bits per heavy atom. The Hall–Kier alpha value is -1.62. The summed E-state index contributed by atoms with van der Waals surface area (Å²) in [4.78, 5) is 23.7. The first-order chi connectivity index (χ1) is 7.27. The number of thiazole rings is 1. The number of hydrogen-bond acceptors (Lipinski definition) is 5. The van der Waals surface area contributed by atoms with Crippen molar-refractivity contribution < 1.29 is 4.79 Å². The van der Waals surface area contributed by atoms with Crippen molar-refractivity contribution >= 4 is 17.1 Å².